The Morgan fingerprint density at radius 1 is 1.05 bits per heavy atom. The van der Waals surface area contributed by atoms with Crippen molar-refractivity contribution >= 4 is 47.6 Å². The molecule has 1 aliphatic heterocycles. The Balaban J connectivity index is 1.80. The molecule has 5 aromatic rings. The molecular weight excluding hydrogens is 590 g/mol. The molecule has 4 aromatic heterocycles. The molecule has 5 heterocycles. The van der Waals surface area contributed by atoms with Gasteiger partial charge in [0.1, 0.15) is 10.7 Å². The monoisotopic (exact) mass is 623 g/mol. The molecule has 43 heavy (non-hydrogen) atoms. The lowest BCUT2D eigenvalue weighted by Crippen LogP contribution is -2.27. The van der Waals surface area contributed by atoms with Crippen molar-refractivity contribution < 1.29 is 26.1 Å². The zero-order valence-corrected chi connectivity index (χ0v) is 26.0. The Morgan fingerprint density at radius 3 is 2.40 bits per heavy atom. The summed E-state index contributed by atoms with van der Waals surface area (Å²) in [6.07, 6.45) is 5.56. The Kier molecular flexibility index (Phi) is 7.51. The number of anilines is 1. The van der Waals surface area contributed by atoms with E-state index in [0.717, 1.165) is 35.8 Å². The summed E-state index contributed by atoms with van der Waals surface area (Å²) in [6.45, 7) is 6.36. The van der Waals surface area contributed by atoms with E-state index < -0.39 is 19.9 Å². The molecular formula is C30H33N5O6S2. The second-order valence-electron chi connectivity index (χ2n) is 10.9. The largest absolute Gasteiger partial charge is 0.381 e. The SMILES string of the molecule is CCS(=O)(=O)Nc1ncc(S(C)(=O)=O)c2c1c1ncc(-c3c(C)noc3C)cc1n2[C@H](c1ccccc1)C1CCOCC1. The maximum Gasteiger partial charge on any atom is 0.233 e. The van der Waals surface area contributed by atoms with Crippen molar-refractivity contribution in [3.8, 4) is 11.1 Å². The fraction of sp³-hybridized carbons (Fsp3) is 0.367. The summed E-state index contributed by atoms with van der Waals surface area (Å²) < 4.78 is 68.1. The summed E-state index contributed by atoms with van der Waals surface area (Å²) in [5.41, 5.74) is 4.65. The zero-order valence-electron chi connectivity index (χ0n) is 24.4. The number of sulfonamides is 1. The second kappa shape index (κ2) is 11.0. The van der Waals surface area contributed by atoms with E-state index in [2.05, 4.69) is 14.9 Å². The van der Waals surface area contributed by atoms with Crippen LogP contribution < -0.4 is 4.72 Å². The van der Waals surface area contributed by atoms with Crippen molar-refractivity contribution in [3.05, 3.63) is 65.8 Å². The quantitative estimate of drug-likeness (QED) is 0.251. The number of pyridine rings is 2. The Hall–Kier alpha value is -3.81. The highest BCUT2D eigenvalue weighted by Gasteiger charge is 2.34. The molecule has 0 bridgehead atoms. The minimum absolute atomic E-state index is 0.00757. The van der Waals surface area contributed by atoms with Crippen molar-refractivity contribution in [2.24, 2.45) is 5.92 Å². The average Bonchev–Trinajstić information content (AvgIpc) is 3.50. The number of hydrogen-bond acceptors (Lipinski definition) is 9. The number of benzene rings is 1. The molecule has 0 amide bonds. The first-order valence-electron chi connectivity index (χ1n) is 14.1. The molecule has 1 fully saturated rings. The van der Waals surface area contributed by atoms with E-state index in [-0.39, 0.29) is 28.4 Å². The van der Waals surface area contributed by atoms with Gasteiger partial charge in [-0.1, -0.05) is 35.5 Å². The third-order valence-electron chi connectivity index (χ3n) is 8.11. The highest BCUT2D eigenvalue weighted by atomic mass is 32.2. The minimum atomic E-state index is -3.82. The maximum absolute atomic E-state index is 13.4. The highest BCUT2D eigenvalue weighted by molar-refractivity contribution is 7.92. The summed E-state index contributed by atoms with van der Waals surface area (Å²) in [5, 5.41) is 4.44. The standard InChI is InChI=1S/C30H33N5O6S2/c1-5-43(38,39)34-30-26-27-23(15-22(16-31-27)25-18(2)33-41-19(25)3)35(29(26)24(17-32-30)42(4,36)37)28(20-9-7-6-8-10-20)21-11-13-40-14-12-21/h6-10,15-17,21,28H,5,11-14H2,1-4H3,(H,32,34)/t28-/m1/s1. The maximum atomic E-state index is 13.4. The number of rotatable bonds is 8. The molecule has 11 nitrogen and oxygen atoms in total. The molecule has 1 aromatic carbocycles. The fourth-order valence-corrected chi connectivity index (χ4v) is 7.49. The van der Waals surface area contributed by atoms with E-state index in [4.69, 9.17) is 14.2 Å². The van der Waals surface area contributed by atoms with Crippen LogP contribution in [-0.4, -0.2) is 61.7 Å². The number of fused-ring (bicyclic) bond motifs is 3. The van der Waals surface area contributed by atoms with Crippen LogP contribution >= 0.6 is 0 Å². The first-order chi connectivity index (χ1) is 20.5. The third-order valence-corrected chi connectivity index (χ3v) is 10.5. The molecule has 226 valence electrons. The van der Waals surface area contributed by atoms with Gasteiger partial charge in [-0.3, -0.25) is 9.71 Å². The molecule has 13 heteroatoms. The van der Waals surface area contributed by atoms with E-state index in [0.29, 0.717) is 46.6 Å². The van der Waals surface area contributed by atoms with E-state index in [1.54, 1.807) is 6.20 Å². The van der Waals surface area contributed by atoms with Crippen LogP contribution in [0.3, 0.4) is 0 Å². The smallest absolute Gasteiger partial charge is 0.233 e. The summed E-state index contributed by atoms with van der Waals surface area (Å²) in [7, 11) is -7.57. The predicted molar refractivity (Wildman–Crippen MR) is 164 cm³/mol. The second-order valence-corrected chi connectivity index (χ2v) is 14.9. The molecule has 0 aliphatic carbocycles. The Labute approximate surface area is 250 Å². The lowest BCUT2D eigenvalue weighted by molar-refractivity contribution is 0.0552. The van der Waals surface area contributed by atoms with Crippen molar-refractivity contribution in [2.75, 3.05) is 29.9 Å². The van der Waals surface area contributed by atoms with E-state index in [1.807, 2.05) is 54.8 Å². The average molecular weight is 624 g/mol. The van der Waals surface area contributed by atoms with Gasteiger partial charge in [-0.25, -0.2) is 21.8 Å². The van der Waals surface area contributed by atoms with Gasteiger partial charge in [-0.2, -0.15) is 0 Å². The number of ether oxygens (including phenoxy) is 1. The van der Waals surface area contributed by atoms with Gasteiger partial charge in [0.25, 0.3) is 0 Å². The van der Waals surface area contributed by atoms with E-state index >= 15 is 0 Å². The van der Waals surface area contributed by atoms with Crippen molar-refractivity contribution in [1.82, 2.24) is 19.7 Å². The molecule has 0 saturated carbocycles. The van der Waals surface area contributed by atoms with Gasteiger partial charge in [-0.05, 0) is 51.2 Å². The zero-order chi connectivity index (χ0) is 30.5. The molecule has 1 atom stereocenters. The van der Waals surface area contributed by atoms with Crippen LogP contribution in [0, 0.1) is 19.8 Å². The first-order valence-corrected chi connectivity index (χ1v) is 17.6. The van der Waals surface area contributed by atoms with Gasteiger partial charge >= 0.3 is 0 Å². The molecule has 0 spiro atoms. The molecule has 0 unspecified atom stereocenters. The molecule has 1 aliphatic rings. The van der Waals surface area contributed by atoms with Gasteiger partial charge < -0.3 is 13.8 Å². The Morgan fingerprint density at radius 2 is 1.77 bits per heavy atom. The van der Waals surface area contributed by atoms with Crippen LogP contribution in [0.4, 0.5) is 5.82 Å². The van der Waals surface area contributed by atoms with Crippen molar-refractivity contribution in [1.29, 1.82) is 0 Å². The van der Waals surface area contributed by atoms with Crippen LogP contribution in [0.15, 0.2) is 58.2 Å². The number of sulfone groups is 1. The van der Waals surface area contributed by atoms with E-state index in [9.17, 15) is 16.8 Å². The normalized spacial score (nSPS) is 15.7. The lowest BCUT2D eigenvalue weighted by Gasteiger charge is -2.33. The number of nitrogens with zero attached hydrogens (tertiary/aromatic N) is 4. The Bertz CT molecular complexity index is 2030. The van der Waals surface area contributed by atoms with Crippen LogP contribution in [0.1, 0.15) is 42.8 Å². The van der Waals surface area contributed by atoms with Gasteiger partial charge in [-0.15, -0.1) is 0 Å². The van der Waals surface area contributed by atoms with Crippen LogP contribution in [0.2, 0.25) is 0 Å². The number of hydrogen-bond donors (Lipinski definition) is 1. The fourth-order valence-electron chi connectivity index (χ4n) is 6.10. The van der Waals surface area contributed by atoms with Crippen molar-refractivity contribution in [2.45, 2.75) is 44.6 Å². The van der Waals surface area contributed by atoms with Gasteiger partial charge in [0.15, 0.2) is 15.7 Å². The van der Waals surface area contributed by atoms with Crippen LogP contribution in [0.5, 0.6) is 0 Å². The minimum Gasteiger partial charge on any atom is -0.381 e. The molecule has 0 radical (unpaired) electrons. The van der Waals surface area contributed by atoms with Crippen molar-refractivity contribution in [3.63, 3.8) is 0 Å². The third kappa shape index (κ3) is 5.30. The predicted octanol–water partition coefficient (Wildman–Crippen LogP) is 5.04. The molecule has 1 saturated heterocycles. The number of aryl methyl sites for hydroxylation is 2. The van der Waals surface area contributed by atoms with Gasteiger partial charge in [0.2, 0.25) is 10.0 Å². The highest BCUT2D eigenvalue weighted by Crippen LogP contribution is 2.44. The van der Waals surface area contributed by atoms with Crippen LogP contribution in [0.25, 0.3) is 33.1 Å². The summed E-state index contributed by atoms with van der Waals surface area (Å²) in [4.78, 5) is 9.18. The number of aromatic nitrogens is 4. The topological polar surface area (TPSA) is 146 Å². The summed E-state index contributed by atoms with van der Waals surface area (Å²) in [5.74, 6) is 0.569. The molecule has 6 rings (SSSR count). The van der Waals surface area contributed by atoms with Crippen LogP contribution in [-0.2, 0) is 24.6 Å². The van der Waals surface area contributed by atoms with Gasteiger partial charge in [0.05, 0.1) is 45.6 Å². The number of nitrogens with one attached hydrogen (secondary N) is 1. The van der Waals surface area contributed by atoms with E-state index in [1.165, 1.54) is 13.1 Å². The van der Waals surface area contributed by atoms with Gasteiger partial charge in [0, 0.05) is 36.8 Å². The summed E-state index contributed by atoms with van der Waals surface area (Å²) in [6, 6.07) is 11.6. The summed E-state index contributed by atoms with van der Waals surface area (Å²) >= 11 is 0. The molecule has 1 N–H and O–H groups in total. The lowest BCUT2D eigenvalue weighted by atomic mass is 9.86. The first kappa shape index (κ1) is 29.3.